The molecule has 1 N–H and O–H groups in total. The van der Waals surface area contributed by atoms with Gasteiger partial charge in [0.1, 0.15) is 0 Å². The highest BCUT2D eigenvalue weighted by Gasteiger charge is 2.16. The molecule has 0 bridgehead atoms. The Morgan fingerprint density at radius 2 is 1.65 bits per heavy atom. The Labute approximate surface area is 185 Å². The van der Waals surface area contributed by atoms with Crippen LogP contribution in [0.2, 0.25) is 0 Å². The number of thioether (sulfide) groups is 1. The van der Waals surface area contributed by atoms with E-state index in [2.05, 4.69) is 20.7 Å². The van der Waals surface area contributed by atoms with Gasteiger partial charge in [0.05, 0.1) is 12.0 Å². The predicted octanol–water partition coefficient (Wildman–Crippen LogP) is 4.49. The first-order valence-electron chi connectivity index (χ1n) is 9.79. The van der Waals surface area contributed by atoms with Crippen molar-refractivity contribution in [2.75, 3.05) is 5.75 Å². The van der Waals surface area contributed by atoms with Gasteiger partial charge in [-0.1, -0.05) is 84.6 Å². The zero-order valence-corrected chi connectivity index (χ0v) is 17.8. The van der Waals surface area contributed by atoms with Crippen LogP contribution in [0.1, 0.15) is 11.1 Å². The third kappa shape index (κ3) is 5.07. The second kappa shape index (κ2) is 9.86. The minimum Gasteiger partial charge on any atom is -0.272 e. The number of carbonyl (C=O) groups is 1. The lowest BCUT2D eigenvalue weighted by Gasteiger charge is -2.10. The Morgan fingerprint density at radius 3 is 2.39 bits per heavy atom. The lowest BCUT2D eigenvalue weighted by atomic mass is 10.1. The van der Waals surface area contributed by atoms with Gasteiger partial charge in [0.15, 0.2) is 11.0 Å². The summed E-state index contributed by atoms with van der Waals surface area (Å²) in [5.74, 6) is 0.691. The molecule has 0 fully saturated rings. The van der Waals surface area contributed by atoms with Crippen molar-refractivity contribution in [2.24, 2.45) is 5.10 Å². The van der Waals surface area contributed by atoms with E-state index in [-0.39, 0.29) is 11.7 Å². The van der Waals surface area contributed by atoms with Gasteiger partial charge in [-0.15, -0.1) is 10.2 Å². The first kappa shape index (κ1) is 20.6. The SMILES string of the molecule is Cc1ccccc1/C=N/NC(=O)CSc1nnc(-c2ccccc2)n1-c1ccccc1. The van der Waals surface area contributed by atoms with Crippen LogP contribution in [-0.2, 0) is 4.79 Å². The minimum absolute atomic E-state index is 0.171. The van der Waals surface area contributed by atoms with Crippen LogP contribution in [-0.4, -0.2) is 32.6 Å². The third-order valence-corrected chi connectivity index (χ3v) is 5.52. The highest BCUT2D eigenvalue weighted by Crippen LogP contribution is 2.27. The van der Waals surface area contributed by atoms with Gasteiger partial charge in [0.2, 0.25) is 0 Å². The molecule has 0 aliphatic carbocycles. The number of nitrogens with one attached hydrogen (secondary N) is 1. The highest BCUT2D eigenvalue weighted by atomic mass is 32.2. The number of para-hydroxylation sites is 1. The summed E-state index contributed by atoms with van der Waals surface area (Å²) in [6.45, 7) is 2.00. The van der Waals surface area contributed by atoms with E-state index >= 15 is 0 Å². The summed E-state index contributed by atoms with van der Waals surface area (Å²) in [6.07, 6.45) is 1.65. The van der Waals surface area contributed by atoms with Crippen LogP contribution < -0.4 is 5.43 Å². The first-order valence-corrected chi connectivity index (χ1v) is 10.8. The Hall–Kier alpha value is -3.71. The molecule has 0 unspecified atom stereocenters. The molecule has 6 nitrogen and oxygen atoms in total. The first-order chi connectivity index (χ1) is 15.2. The van der Waals surface area contributed by atoms with Gasteiger partial charge in [-0.3, -0.25) is 9.36 Å². The molecule has 31 heavy (non-hydrogen) atoms. The molecule has 0 atom stereocenters. The van der Waals surface area contributed by atoms with Crippen molar-refractivity contribution in [3.8, 4) is 17.1 Å². The number of carbonyl (C=O) groups excluding carboxylic acids is 1. The fourth-order valence-electron chi connectivity index (χ4n) is 3.02. The molecule has 0 spiro atoms. The molecule has 4 rings (SSSR count). The van der Waals surface area contributed by atoms with E-state index in [4.69, 9.17) is 0 Å². The summed E-state index contributed by atoms with van der Waals surface area (Å²) in [7, 11) is 0. The van der Waals surface area contributed by atoms with Gasteiger partial charge >= 0.3 is 0 Å². The van der Waals surface area contributed by atoms with Crippen molar-refractivity contribution in [1.29, 1.82) is 0 Å². The van der Waals surface area contributed by atoms with Crippen LogP contribution in [0.3, 0.4) is 0 Å². The molecular weight excluding hydrogens is 406 g/mol. The van der Waals surface area contributed by atoms with Crippen molar-refractivity contribution in [1.82, 2.24) is 20.2 Å². The number of hydrogen-bond donors (Lipinski definition) is 1. The number of nitrogens with zero attached hydrogens (tertiary/aromatic N) is 4. The molecule has 154 valence electrons. The van der Waals surface area contributed by atoms with Crippen molar-refractivity contribution in [3.63, 3.8) is 0 Å². The Balaban J connectivity index is 1.49. The van der Waals surface area contributed by atoms with Crippen molar-refractivity contribution in [3.05, 3.63) is 96.1 Å². The Bertz CT molecular complexity index is 1190. The summed E-state index contributed by atoms with van der Waals surface area (Å²) in [4.78, 5) is 12.3. The molecule has 1 amide bonds. The summed E-state index contributed by atoms with van der Waals surface area (Å²) in [6, 6.07) is 27.6. The van der Waals surface area contributed by atoms with Crippen LogP contribution >= 0.6 is 11.8 Å². The molecular formula is C24H21N5OS. The van der Waals surface area contributed by atoms with Gasteiger partial charge in [0.25, 0.3) is 5.91 Å². The Kier molecular flexibility index (Phi) is 6.54. The molecule has 1 aromatic heterocycles. The van der Waals surface area contributed by atoms with Crippen LogP contribution in [0.15, 0.2) is 95.2 Å². The molecule has 0 aliphatic rings. The number of benzene rings is 3. The second-order valence-electron chi connectivity index (χ2n) is 6.78. The monoisotopic (exact) mass is 427 g/mol. The molecule has 0 saturated heterocycles. The van der Waals surface area contributed by atoms with E-state index < -0.39 is 0 Å². The third-order valence-electron chi connectivity index (χ3n) is 4.59. The summed E-state index contributed by atoms with van der Waals surface area (Å²) in [5, 5.41) is 13.4. The van der Waals surface area contributed by atoms with Crippen molar-refractivity contribution < 1.29 is 4.79 Å². The Morgan fingerprint density at radius 1 is 0.968 bits per heavy atom. The van der Waals surface area contributed by atoms with Gasteiger partial charge in [0, 0.05) is 11.3 Å². The molecule has 4 aromatic rings. The summed E-state index contributed by atoms with van der Waals surface area (Å²) in [5.41, 5.74) is 6.53. The number of aromatic nitrogens is 3. The molecule has 3 aromatic carbocycles. The van der Waals surface area contributed by atoms with Gasteiger partial charge in [-0.05, 0) is 30.2 Å². The lowest BCUT2D eigenvalue weighted by Crippen LogP contribution is -2.20. The molecule has 0 radical (unpaired) electrons. The molecule has 7 heteroatoms. The van der Waals surface area contributed by atoms with E-state index in [1.165, 1.54) is 11.8 Å². The van der Waals surface area contributed by atoms with E-state index in [0.717, 1.165) is 28.2 Å². The topological polar surface area (TPSA) is 72.2 Å². The zero-order chi connectivity index (χ0) is 21.5. The number of aryl methyl sites for hydroxylation is 1. The lowest BCUT2D eigenvalue weighted by molar-refractivity contribution is -0.118. The van der Waals surface area contributed by atoms with Crippen molar-refractivity contribution >= 4 is 23.9 Å². The summed E-state index contributed by atoms with van der Waals surface area (Å²) >= 11 is 1.32. The smallest absolute Gasteiger partial charge is 0.250 e. The zero-order valence-electron chi connectivity index (χ0n) is 17.0. The maximum absolute atomic E-state index is 12.3. The number of rotatable bonds is 7. The van der Waals surface area contributed by atoms with E-state index in [1.54, 1.807) is 6.21 Å². The predicted molar refractivity (Wildman–Crippen MR) is 124 cm³/mol. The fourth-order valence-corrected chi connectivity index (χ4v) is 3.76. The standard InChI is InChI=1S/C24H21N5OS/c1-18-10-8-9-13-20(18)16-25-26-22(30)17-31-24-28-27-23(19-11-4-2-5-12-19)29(24)21-14-6-3-7-15-21/h2-16H,17H2,1H3,(H,26,30)/b25-16+. The van der Waals surface area contributed by atoms with Crippen LogP contribution in [0, 0.1) is 6.92 Å². The highest BCUT2D eigenvalue weighted by molar-refractivity contribution is 7.99. The maximum Gasteiger partial charge on any atom is 0.250 e. The number of amides is 1. The fraction of sp³-hybridized carbons (Fsp3) is 0.0833. The second-order valence-corrected chi connectivity index (χ2v) is 7.72. The van der Waals surface area contributed by atoms with Crippen LogP contribution in [0.4, 0.5) is 0 Å². The molecule has 1 heterocycles. The van der Waals surface area contributed by atoms with E-state index in [0.29, 0.717) is 5.16 Å². The summed E-state index contributed by atoms with van der Waals surface area (Å²) < 4.78 is 1.96. The molecule has 0 aliphatic heterocycles. The maximum atomic E-state index is 12.3. The average Bonchev–Trinajstić information content (AvgIpc) is 3.24. The van der Waals surface area contributed by atoms with Gasteiger partial charge < -0.3 is 0 Å². The largest absolute Gasteiger partial charge is 0.272 e. The van der Waals surface area contributed by atoms with Crippen LogP contribution in [0.5, 0.6) is 0 Å². The van der Waals surface area contributed by atoms with E-state index in [9.17, 15) is 4.79 Å². The van der Waals surface area contributed by atoms with Crippen molar-refractivity contribution in [2.45, 2.75) is 12.1 Å². The number of hydrogen-bond acceptors (Lipinski definition) is 5. The normalized spacial score (nSPS) is 11.0. The van der Waals surface area contributed by atoms with Crippen LogP contribution in [0.25, 0.3) is 17.1 Å². The average molecular weight is 428 g/mol. The minimum atomic E-state index is -0.210. The van der Waals surface area contributed by atoms with Gasteiger partial charge in [-0.2, -0.15) is 5.10 Å². The number of hydrazone groups is 1. The quantitative estimate of drug-likeness (QED) is 0.268. The molecule has 0 saturated carbocycles. The van der Waals surface area contributed by atoms with Gasteiger partial charge in [-0.25, -0.2) is 5.43 Å². The van der Waals surface area contributed by atoms with E-state index in [1.807, 2.05) is 96.4 Å².